The van der Waals surface area contributed by atoms with Crippen molar-refractivity contribution in [2.75, 3.05) is 0 Å². The first kappa shape index (κ1) is 23.0. The van der Waals surface area contributed by atoms with Gasteiger partial charge in [-0.3, -0.25) is 4.99 Å². The highest BCUT2D eigenvalue weighted by Crippen LogP contribution is 2.24. The van der Waals surface area contributed by atoms with Gasteiger partial charge in [0.1, 0.15) is 5.60 Å². The number of fused-ring (bicyclic) bond motifs is 1. The van der Waals surface area contributed by atoms with Crippen LogP contribution in [-0.4, -0.2) is 23.3 Å². The van der Waals surface area contributed by atoms with Crippen LogP contribution in [0.4, 0.5) is 0 Å². The van der Waals surface area contributed by atoms with Gasteiger partial charge in [-0.1, -0.05) is 78.9 Å². The lowest BCUT2D eigenvalue weighted by atomic mass is 9.89. The lowest BCUT2D eigenvalue weighted by molar-refractivity contribution is -0.156. The summed E-state index contributed by atoms with van der Waals surface area (Å²) in [6.07, 6.45) is 5.27. The molecule has 0 aromatic heterocycles. The number of carbonyl (C=O) groups excluding carboxylic acids is 1. The Hall–Kier alpha value is -3.20. The van der Waals surface area contributed by atoms with Crippen molar-refractivity contribution in [1.29, 1.82) is 0 Å². The van der Waals surface area contributed by atoms with E-state index in [9.17, 15) is 4.79 Å². The first-order chi connectivity index (χ1) is 15.9. The molecule has 1 aliphatic rings. The molecule has 0 N–H and O–H groups in total. The standard InChI is InChI=1S/C30H33NO2/c1-30(2,3)33-29(32)27(21-22-18-19-23-12-10-11-17-26(23)20-22)31-28(24-13-6-4-7-14-24)25-15-8-5-9-16-25/h4-9,13-16,18-20,27H,10-12,17,21H2,1-3H3/t27-/m0/s1. The van der Waals surface area contributed by atoms with Gasteiger partial charge in [-0.2, -0.15) is 0 Å². The maximum atomic E-state index is 13.3. The zero-order valence-corrected chi connectivity index (χ0v) is 19.9. The van der Waals surface area contributed by atoms with Gasteiger partial charge >= 0.3 is 5.97 Å². The first-order valence-corrected chi connectivity index (χ1v) is 11.9. The quantitative estimate of drug-likeness (QED) is 0.331. The molecule has 1 aliphatic carbocycles. The topological polar surface area (TPSA) is 38.7 Å². The summed E-state index contributed by atoms with van der Waals surface area (Å²) in [4.78, 5) is 18.4. The van der Waals surface area contributed by atoms with Crippen LogP contribution < -0.4 is 0 Å². The van der Waals surface area contributed by atoms with Crippen LogP contribution in [0.3, 0.4) is 0 Å². The summed E-state index contributed by atoms with van der Waals surface area (Å²) in [5.74, 6) is -0.287. The minimum Gasteiger partial charge on any atom is -0.458 e. The highest BCUT2D eigenvalue weighted by atomic mass is 16.6. The van der Waals surface area contributed by atoms with Gasteiger partial charge in [-0.25, -0.2) is 4.79 Å². The van der Waals surface area contributed by atoms with Crippen molar-refractivity contribution in [3.05, 3.63) is 107 Å². The zero-order valence-electron chi connectivity index (χ0n) is 19.9. The fourth-order valence-corrected chi connectivity index (χ4v) is 4.35. The molecule has 0 aliphatic heterocycles. The van der Waals surface area contributed by atoms with E-state index in [-0.39, 0.29) is 5.97 Å². The van der Waals surface area contributed by atoms with Crippen molar-refractivity contribution >= 4 is 11.7 Å². The summed E-state index contributed by atoms with van der Waals surface area (Å²) in [5, 5.41) is 0. The Kier molecular flexibility index (Phi) is 7.08. The second kappa shape index (κ2) is 10.2. The van der Waals surface area contributed by atoms with Crippen LogP contribution in [-0.2, 0) is 28.8 Å². The molecular weight excluding hydrogens is 406 g/mol. The van der Waals surface area contributed by atoms with Crippen molar-refractivity contribution in [3.8, 4) is 0 Å². The number of aryl methyl sites for hydroxylation is 2. The Labute approximate surface area is 197 Å². The van der Waals surface area contributed by atoms with Gasteiger partial charge in [-0.05, 0) is 63.1 Å². The highest BCUT2D eigenvalue weighted by Gasteiger charge is 2.26. The number of benzene rings is 3. The Balaban J connectivity index is 1.74. The summed E-state index contributed by atoms with van der Waals surface area (Å²) >= 11 is 0. The molecule has 3 aromatic rings. The molecule has 33 heavy (non-hydrogen) atoms. The van der Waals surface area contributed by atoms with Crippen molar-refractivity contribution < 1.29 is 9.53 Å². The SMILES string of the molecule is CC(C)(C)OC(=O)[C@H](Cc1ccc2c(c1)CCCC2)N=C(c1ccccc1)c1ccccc1. The molecule has 0 saturated heterocycles. The van der Waals surface area contributed by atoms with E-state index in [4.69, 9.17) is 9.73 Å². The average molecular weight is 440 g/mol. The van der Waals surface area contributed by atoms with Gasteiger partial charge in [0.15, 0.2) is 6.04 Å². The predicted molar refractivity (Wildman–Crippen MR) is 135 cm³/mol. The van der Waals surface area contributed by atoms with E-state index in [0.717, 1.165) is 35.2 Å². The average Bonchev–Trinajstić information content (AvgIpc) is 2.81. The normalized spacial score (nSPS) is 14.2. The number of hydrogen-bond acceptors (Lipinski definition) is 3. The van der Waals surface area contributed by atoms with Gasteiger partial charge in [0.25, 0.3) is 0 Å². The third-order valence-corrected chi connectivity index (χ3v) is 5.90. The van der Waals surface area contributed by atoms with E-state index in [1.807, 2.05) is 81.4 Å². The van der Waals surface area contributed by atoms with Gasteiger partial charge in [0, 0.05) is 17.5 Å². The van der Waals surface area contributed by atoms with Crippen molar-refractivity contribution in [1.82, 2.24) is 0 Å². The number of aliphatic imine (C=N–C) groups is 1. The summed E-state index contributed by atoms with van der Waals surface area (Å²) in [7, 11) is 0. The fraction of sp³-hybridized carbons (Fsp3) is 0.333. The maximum Gasteiger partial charge on any atom is 0.331 e. The Morgan fingerprint density at radius 1 is 0.848 bits per heavy atom. The molecule has 3 heteroatoms. The maximum absolute atomic E-state index is 13.3. The number of ether oxygens (including phenoxy) is 1. The van der Waals surface area contributed by atoms with Gasteiger partial charge < -0.3 is 4.74 Å². The van der Waals surface area contributed by atoms with Crippen LogP contribution in [0.15, 0.2) is 83.9 Å². The molecule has 0 heterocycles. The van der Waals surface area contributed by atoms with Crippen molar-refractivity contribution in [2.24, 2.45) is 4.99 Å². The summed E-state index contributed by atoms with van der Waals surface area (Å²) in [6, 6.07) is 26.2. The van der Waals surface area contributed by atoms with E-state index < -0.39 is 11.6 Å². The number of rotatable bonds is 6. The van der Waals surface area contributed by atoms with E-state index in [2.05, 4.69) is 18.2 Å². The largest absolute Gasteiger partial charge is 0.458 e. The van der Waals surface area contributed by atoms with Crippen molar-refractivity contribution in [3.63, 3.8) is 0 Å². The lowest BCUT2D eigenvalue weighted by Gasteiger charge is -2.24. The Bertz CT molecular complexity index is 1070. The molecule has 3 aromatic carbocycles. The minimum absolute atomic E-state index is 0.287. The van der Waals surface area contributed by atoms with Crippen molar-refractivity contribution in [2.45, 2.75) is 64.5 Å². The summed E-state index contributed by atoms with van der Waals surface area (Å²) < 4.78 is 5.81. The van der Waals surface area contributed by atoms with Crippen LogP contribution in [0, 0.1) is 0 Å². The van der Waals surface area contributed by atoms with E-state index >= 15 is 0 Å². The van der Waals surface area contributed by atoms with E-state index in [0.29, 0.717) is 6.42 Å². The molecule has 0 unspecified atom stereocenters. The van der Waals surface area contributed by atoms with E-state index in [1.165, 1.54) is 24.0 Å². The number of carbonyl (C=O) groups is 1. The Morgan fingerprint density at radius 3 is 2.00 bits per heavy atom. The predicted octanol–water partition coefficient (Wildman–Crippen LogP) is 6.36. The van der Waals surface area contributed by atoms with Crippen LogP contribution >= 0.6 is 0 Å². The molecule has 0 bridgehead atoms. The molecule has 3 nitrogen and oxygen atoms in total. The first-order valence-electron chi connectivity index (χ1n) is 11.9. The molecule has 0 spiro atoms. The molecule has 0 fully saturated rings. The molecule has 1 atom stereocenters. The number of nitrogens with zero attached hydrogens (tertiary/aromatic N) is 1. The van der Waals surface area contributed by atoms with Crippen LogP contribution in [0.5, 0.6) is 0 Å². The summed E-state index contributed by atoms with van der Waals surface area (Å²) in [6.45, 7) is 5.71. The lowest BCUT2D eigenvalue weighted by Crippen LogP contribution is -2.33. The Morgan fingerprint density at radius 2 is 1.42 bits per heavy atom. The van der Waals surface area contributed by atoms with Crippen LogP contribution in [0.25, 0.3) is 0 Å². The second-order valence-corrected chi connectivity index (χ2v) is 9.77. The van der Waals surface area contributed by atoms with E-state index in [1.54, 1.807) is 0 Å². The van der Waals surface area contributed by atoms with Gasteiger partial charge in [0.2, 0.25) is 0 Å². The molecule has 0 amide bonds. The fourth-order valence-electron chi connectivity index (χ4n) is 4.35. The third-order valence-electron chi connectivity index (χ3n) is 5.90. The van der Waals surface area contributed by atoms with Crippen LogP contribution in [0.2, 0.25) is 0 Å². The smallest absolute Gasteiger partial charge is 0.331 e. The van der Waals surface area contributed by atoms with Gasteiger partial charge in [-0.15, -0.1) is 0 Å². The molecule has 170 valence electrons. The monoisotopic (exact) mass is 439 g/mol. The second-order valence-electron chi connectivity index (χ2n) is 9.77. The molecule has 0 radical (unpaired) electrons. The van der Waals surface area contributed by atoms with Crippen LogP contribution in [0.1, 0.15) is 61.4 Å². The third kappa shape index (κ3) is 6.19. The molecular formula is C30H33NO2. The number of esters is 1. The molecule has 0 saturated carbocycles. The van der Waals surface area contributed by atoms with Gasteiger partial charge in [0.05, 0.1) is 5.71 Å². The minimum atomic E-state index is -0.624. The summed E-state index contributed by atoms with van der Waals surface area (Å²) in [5.41, 5.74) is 6.21. The zero-order chi connectivity index (χ0) is 23.3. The molecule has 4 rings (SSSR count). The highest BCUT2D eigenvalue weighted by molar-refractivity contribution is 6.13. The number of hydrogen-bond donors (Lipinski definition) is 0.